The number of halogens is 1. The van der Waals surface area contributed by atoms with E-state index in [0.29, 0.717) is 16.1 Å². The van der Waals surface area contributed by atoms with E-state index in [9.17, 15) is 0 Å². The fourth-order valence-electron chi connectivity index (χ4n) is 3.10. The minimum Gasteiger partial charge on any atom is -0.398 e. The maximum atomic E-state index is 7.56. The van der Waals surface area contributed by atoms with Gasteiger partial charge in [-0.3, -0.25) is 0 Å². The van der Waals surface area contributed by atoms with E-state index in [2.05, 4.69) is 10.2 Å². The Balaban J connectivity index is 1.84. The molecule has 0 radical (unpaired) electrons. The van der Waals surface area contributed by atoms with Gasteiger partial charge in [0, 0.05) is 54.4 Å². The van der Waals surface area contributed by atoms with Crippen LogP contribution < -0.4 is 16.0 Å². The summed E-state index contributed by atoms with van der Waals surface area (Å²) in [6, 6.07) is 3.64. The van der Waals surface area contributed by atoms with Crippen LogP contribution >= 0.6 is 11.6 Å². The monoisotopic (exact) mass is 278 g/mol. The van der Waals surface area contributed by atoms with Crippen molar-refractivity contribution in [3.63, 3.8) is 0 Å². The molecule has 1 spiro atoms. The molecular formula is C14H19ClN4. The van der Waals surface area contributed by atoms with Gasteiger partial charge in [-0.15, -0.1) is 0 Å². The first-order chi connectivity index (χ1) is 9.13. The van der Waals surface area contributed by atoms with E-state index in [1.807, 2.05) is 6.07 Å². The Morgan fingerprint density at radius 3 is 2.53 bits per heavy atom. The Bertz CT molecular complexity index is 500. The van der Waals surface area contributed by atoms with Crippen LogP contribution in [0.25, 0.3) is 0 Å². The lowest BCUT2D eigenvalue weighted by Crippen LogP contribution is -2.58. The van der Waals surface area contributed by atoms with E-state index in [4.69, 9.17) is 22.7 Å². The lowest BCUT2D eigenvalue weighted by molar-refractivity contribution is 0.126. The van der Waals surface area contributed by atoms with Crippen molar-refractivity contribution in [2.75, 3.05) is 36.8 Å². The Morgan fingerprint density at radius 2 is 2.00 bits per heavy atom. The second-order valence-electron chi connectivity index (χ2n) is 5.66. The molecule has 0 saturated carbocycles. The number of nitrogens with zero attached hydrogens (tertiary/aromatic N) is 1. The largest absolute Gasteiger partial charge is 0.398 e. The predicted molar refractivity (Wildman–Crippen MR) is 80.5 cm³/mol. The van der Waals surface area contributed by atoms with Crippen LogP contribution in [0.5, 0.6) is 0 Å². The van der Waals surface area contributed by atoms with Gasteiger partial charge in [-0.25, -0.2) is 0 Å². The average molecular weight is 279 g/mol. The zero-order valence-corrected chi connectivity index (χ0v) is 11.6. The molecule has 2 saturated heterocycles. The highest BCUT2D eigenvalue weighted by Gasteiger charge is 2.39. The third-order valence-corrected chi connectivity index (χ3v) is 4.68. The summed E-state index contributed by atoms with van der Waals surface area (Å²) in [4.78, 5) is 2.31. The first-order valence-corrected chi connectivity index (χ1v) is 7.07. The molecule has 0 aromatic heterocycles. The molecule has 2 fully saturated rings. The molecule has 2 aliphatic rings. The van der Waals surface area contributed by atoms with Crippen LogP contribution in [0.4, 0.5) is 11.4 Å². The molecule has 0 atom stereocenters. The van der Waals surface area contributed by atoms with E-state index >= 15 is 0 Å². The smallest absolute Gasteiger partial charge is 0.0491 e. The van der Waals surface area contributed by atoms with E-state index < -0.39 is 0 Å². The highest BCUT2D eigenvalue weighted by molar-refractivity contribution is 6.31. The number of hydrogen-bond donors (Lipinski definition) is 3. The van der Waals surface area contributed by atoms with Crippen molar-refractivity contribution in [1.82, 2.24) is 5.32 Å². The molecule has 102 valence electrons. The number of piperidine rings is 1. The lowest BCUT2D eigenvalue weighted by Gasteiger charge is -2.49. The summed E-state index contributed by atoms with van der Waals surface area (Å²) in [7, 11) is 0. The van der Waals surface area contributed by atoms with Gasteiger partial charge in [-0.05, 0) is 30.4 Å². The maximum absolute atomic E-state index is 7.56. The van der Waals surface area contributed by atoms with E-state index in [1.165, 1.54) is 19.1 Å². The Kier molecular flexibility index (Phi) is 3.15. The van der Waals surface area contributed by atoms with Gasteiger partial charge in [-0.2, -0.15) is 0 Å². The third-order valence-electron chi connectivity index (χ3n) is 4.46. The minimum atomic E-state index is 0.519. The molecule has 19 heavy (non-hydrogen) atoms. The Morgan fingerprint density at radius 1 is 1.32 bits per heavy atom. The highest BCUT2D eigenvalue weighted by atomic mass is 35.5. The molecule has 4 N–H and O–H groups in total. The summed E-state index contributed by atoms with van der Waals surface area (Å²) in [6.07, 6.45) is 3.73. The topological polar surface area (TPSA) is 65.1 Å². The second kappa shape index (κ2) is 4.69. The van der Waals surface area contributed by atoms with Gasteiger partial charge < -0.3 is 21.4 Å². The molecule has 4 nitrogen and oxygen atoms in total. The van der Waals surface area contributed by atoms with Crippen LogP contribution in [0.3, 0.4) is 0 Å². The molecule has 2 aliphatic heterocycles. The van der Waals surface area contributed by atoms with Crippen molar-refractivity contribution in [3.8, 4) is 0 Å². The van der Waals surface area contributed by atoms with Gasteiger partial charge in [0.1, 0.15) is 0 Å². The summed E-state index contributed by atoms with van der Waals surface area (Å²) in [5, 5.41) is 11.6. The van der Waals surface area contributed by atoms with Crippen molar-refractivity contribution in [3.05, 3.63) is 22.7 Å². The molecule has 3 rings (SSSR count). The van der Waals surface area contributed by atoms with Crippen molar-refractivity contribution < 1.29 is 0 Å². The number of nitrogen functional groups attached to an aromatic ring is 1. The first-order valence-electron chi connectivity index (χ1n) is 6.69. The third kappa shape index (κ3) is 2.19. The van der Waals surface area contributed by atoms with Crippen LogP contribution in [-0.4, -0.2) is 32.4 Å². The fraction of sp³-hybridized carbons (Fsp3) is 0.500. The summed E-state index contributed by atoms with van der Waals surface area (Å²) >= 11 is 6.10. The van der Waals surface area contributed by atoms with Crippen molar-refractivity contribution in [2.24, 2.45) is 5.41 Å². The number of nitrogens with one attached hydrogen (secondary N) is 2. The van der Waals surface area contributed by atoms with Crippen LogP contribution in [0, 0.1) is 10.8 Å². The molecule has 0 unspecified atom stereocenters. The molecule has 1 aromatic rings. The maximum Gasteiger partial charge on any atom is 0.0491 e. The summed E-state index contributed by atoms with van der Waals surface area (Å²) < 4.78 is 0. The molecule has 2 heterocycles. The zero-order valence-electron chi connectivity index (χ0n) is 10.9. The fourth-order valence-corrected chi connectivity index (χ4v) is 3.32. The number of nitrogens with two attached hydrogens (primary N) is 1. The molecule has 0 amide bonds. The molecular weight excluding hydrogens is 260 g/mol. The van der Waals surface area contributed by atoms with Crippen LogP contribution in [-0.2, 0) is 0 Å². The van der Waals surface area contributed by atoms with Crippen molar-refractivity contribution in [2.45, 2.75) is 12.8 Å². The van der Waals surface area contributed by atoms with Gasteiger partial charge in [-0.1, -0.05) is 11.6 Å². The molecule has 0 bridgehead atoms. The van der Waals surface area contributed by atoms with Gasteiger partial charge in [0.15, 0.2) is 0 Å². The number of hydrogen-bond acceptors (Lipinski definition) is 4. The molecule has 5 heteroatoms. The standard InChI is InChI=1S/C14H19ClN4/c15-10-5-12(17)11(7-16)13(6-10)19-3-1-14(2-4-19)8-18-9-14/h5-7,16,18H,1-4,8-9,17H2. The normalized spacial score (nSPS) is 21.2. The quantitative estimate of drug-likeness (QED) is 0.573. The molecule has 0 aliphatic carbocycles. The second-order valence-corrected chi connectivity index (χ2v) is 6.10. The van der Waals surface area contributed by atoms with E-state index in [-0.39, 0.29) is 0 Å². The molecule has 1 aromatic carbocycles. The first kappa shape index (κ1) is 12.8. The predicted octanol–water partition coefficient (Wildman–Crippen LogP) is 2.11. The van der Waals surface area contributed by atoms with Gasteiger partial charge in [0.05, 0.1) is 0 Å². The SMILES string of the molecule is N=Cc1c(N)cc(Cl)cc1N1CCC2(CC1)CNC2. The van der Waals surface area contributed by atoms with Gasteiger partial charge >= 0.3 is 0 Å². The van der Waals surface area contributed by atoms with E-state index in [1.54, 1.807) is 6.07 Å². The highest BCUT2D eigenvalue weighted by Crippen LogP contribution is 2.38. The summed E-state index contributed by atoms with van der Waals surface area (Å²) in [6.45, 7) is 4.33. The van der Waals surface area contributed by atoms with Gasteiger partial charge in [0.2, 0.25) is 0 Å². The summed E-state index contributed by atoms with van der Waals surface area (Å²) in [5.41, 5.74) is 8.85. The summed E-state index contributed by atoms with van der Waals surface area (Å²) in [5.74, 6) is 0. The van der Waals surface area contributed by atoms with Crippen LogP contribution in [0.15, 0.2) is 12.1 Å². The average Bonchev–Trinajstić information content (AvgIpc) is 2.36. The van der Waals surface area contributed by atoms with Crippen molar-refractivity contribution in [1.29, 1.82) is 5.41 Å². The minimum absolute atomic E-state index is 0.519. The number of benzene rings is 1. The number of rotatable bonds is 2. The lowest BCUT2D eigenvalue weighted by atomic mass is 9.73. The Hall–Kier alpha value is -1.26. The van der Waals surface area contributed by atoms with Crippen LogP contribution in [0.1, 0.15) is 18.4 Å². The number of anilines is 2. The van der Waals surface area contributed by atoms with Crippen LogP contribution in [0.2, 0.25) is 5.02 Å². The van der Waals surface area contributed by atoms with E-state index in [0.717, 1.165) is 37.4 Å². The zero-order chi connectivity index (χ0) is 13.5. The van der Waals surface area contributed by atoms with Gasteiger partial charge in [0.25, 0.3) is 0 Å². The Labute approximate surface area is 118 Å². The van der Waals surface area contributed by atoms with Crippen molar-refractivity contribution >= 4 is 29.2 Å².